The van der Waals surface area contributed by atoms with E-state index in [0.29, 0.717) is 0 Å². The van der Waals surface area contributed by atoms with Crippen LogP contribution >= 0.6 is 0 Å². The van der Waals surface area contributed by atoms with Crippen molar-refractivity contribution in [3.05, 3.63) is 158 Å². The van der Waals surface area contributed by atoms with Gasteiger partial charge in [0.2, 0.25) is 0 Å². The van der Waals surface area contributed by atoms with Crippen LogP contribution in [-0.2, 0) is 0 Å². The van der Waals surface area contributed by atoms with Crippen LogP contribution in [0.1, 0.15) is 0 Å². The van der Waals surface area contributed by atoms with Crippen LogP contribution in [0.2, 0.25) is 0 Å². The van der Waals surface area contributed by atoms with Crippen molar-refractivity contribution >= 4 is 53.9 Å². The lowest BCUT2D eigenvalue weighted by Crippen LogP contribution is -1.87. The third-order valence-corrected chi connectivity index (χ3v) is 9.78. The second-order valence-corrected chi connectivity index (χ2v) is 12.1. The van der Waals surface area contributed by atoms with Gasteiger partial charge in [-0.05, 0) is 117 Å². The summed E-state index contributed by atoms with van der Waals surface area (Å²) in [7, 11) is 0. The van der Waals surface area contributed by atoms with E-state index in [1.165, 1.54) is 98.4 Å². The lowest BCUT2D eigenvalue weighted by molar-refractivity contribution is 1.67. The second-order valence-electron chi connectivity index (χ2n) is 12.1. The highest BCUT2D eigenvalue weighted by atomic mass is 14.2. The molecule has 0 fully saturated rings. The molecule has 44 heavy (non-hydrogen) atoms. The lowest BCUT2D eigenvalue weighted by Gasteiger charge is -2.14. The number of hydrogen-bond acceptors (Lipinski definition) is 0. The van der Waals surface area contributed by atoms with Crippen LogP contribution in [0.3, 0.4) is 0 Å². The fourth-order valence-corrected chi connectivity index (χ4v) is 7.74. The van der Waals surface area contributed by atoms with Crippen LogP contribution < -0.4 is 0 Å². The van der Waals surface area contributed by atoms with Crippen molar-refractivity contribution in [2.75, 3.05) is 0 Å². The van der Waals surface area contributed by atoms with Crippen LogP contribution in [0.4, 0.5) is 0 Å². The van der Waals surface area contributed by atoms with Gasteiger partial charge in [0, 0.05) is 0 Å². The second kappa shape index (κ2) is 8.89. The van der Waals surface area contributed by atoms with Gasteiger partial charge in [0.05, 0.1) is 0 Å². The van der Waals surface area contributed by atoms with Crippen LogP contribution in [0.15, 0.2) is 158 Å². The first-order chi connectivity index (χ1) is 21.8. The summed E-state index contributed by atoms with van der Waals surface area (Å²) in [5.74, 6) is 0. The Morgan fingerprint density at radius 2 is 0.795 bits per heavy atom. The summed E-state index contributed by atoms with van der Waals surface area (Å²) >= 11 is 0. The molecule has 0 aliphatic heterocycles. The van der Waals surface area contributed by atoms with Gasteiger partial charge in [0.1, 0.15) is 0 Å². The Hall–Kier alpha value is -5.72. The van der Waals surface area contributed by atoms with Crippen molar-refractivity contribution in [1.82, 2.24) is 0 Å². The smallest absolute Gasteiger partial charge is 0.00201 e. The fourth-order valence-electron chi connectivity index (χ4n) is 7.74. The molecule has 9 aromatic carbocycles. The summed E-state index contributed by atoms with van der Waals surface area (Å²) in [5, 5.41) is 13.0. The summed E-state index contributed by atoms with van der Waals surface area (Å²) < 4.78 is 0. The summed E-state index contributed by atoms with van der Waals surface area (Å²) in [4.78, 5) is 0. The highest BCUT2D eigenvalue weighted by Crippen LogP contribution is 2.49. The van der Waals surface area contributed by atoms with Gasteiger partial charge in [-0.1, -0.05) is 140 Å². The first kappa shape index (κ1) is 23.8. The molecule has 202 valence electrons. The van der Waals surface area contributed by atoms with E-state index in [0.717, 1.165) is 0 Å². The lowest BCUT2D eigenvalue weighted by atomic mass is 9.89. The molecular weight excluding hydrogens is 528 g/mol. The van der Waals surface area contributed by atoms with Crippen molar-refractivity contribution in [2.45, 2.75) is 0 Å². The summed E-state index contributed by atoms with van der Waals surface area (Å²) in [6.07, 6.45) is 0. The first-order valence-electron chi connectivity index (χ1n) is 15.4. The van der Waals surface area contributed by atoms with Crippen molar-refractivity contribution in [2.24, 2.45) is 0 Å². The van der Waals surface area contributed by atoms with E-state index in [4.69, 9.17) is 0 Å². The Morgan fingerprint density at radius 1 is 0.227 bits per heavy atom. The van der Waals surface area contributed by atoms with Gasteiger partial charge in [0.25, 0.3) is 0 Å². The summed E-state index contributed by atoms with van der Waals surface area (Å²) in [6.45, 7) is 0. The zero-order valence-corrected chi connectivity index (χ0v) is 24.0. The van der Waals surface area contributed by atoms with Gasteiger partial charge < -0.3 is 0 Å². The van der Waals surface area contributed by atoms with Crippen LogP contribution in [0.5, 0.6) is 0 Å². The molecule has 0 heteroatoms. The average Bonchev–Trinajstić information content (AvgIpc) is 3.42. The molecule has 10 rings (SSSR count). The quantitative estimate of drug-likeness (QED) is 0.186. The molecule has 0 aromatic heterocycles. The Bertz CT molecular complexity index is 2630. The monoisotopic (exact) mass is 554 g/mol. The predicted octanol–water partition coefficient (Wildman–Crippen LogP) is 12.4. The van der Waals surface area contributed by atoms with Crippen LogP contribution in [0.25, 0.3) is 98.4 Å². The predicted molar refractivity (Wildman–Crippen MR) is 189 cm³/mol. The van der Waals surface area contributed by atoms with Gasteiger partial charge in [-0.15, -0.1) is 0 Å². The van der Waals surface area contributed by atoms with Crippen LogP contribution in [0, 0.1) is 0 Å². The topological polar surface area (TPSA) is 0 Å². The minimum absolute atomic E-state index is 1.25. The minimum atomic E-state index is 1.25. The zero-order chi connectivity index (χ0) is 28.8. The Labute approximate surface area is 255 Å². The molecule has 0 saturated heterocycles. The van der Waals surface area contributed by atoms with Crippen molar-refractivity contribution in [3.8, 4) is 44.5 Å². The molecule has 0 atom stereocenters. The van der Waals surface area contributed by atoms with E-state index < -0.39 is 0 Å². The highest BCUT2D eigenvalue weighted by molar-refractivity contribution is 6.21. The molecule has 9 aromatic rings. The van der Waals surface area contributed by atoms with Crippen molar-refractivity contribution in [3.63, 3.8) is 0 Å². The van der Waals surface area contributed by atoms with E-state index in [9.17, 15) is 0 Å². The summed E-state index contributed by atoms with van der Waals surface area (Å²) in [5.41, 5.74) is 10.4. The molecule has 0 saturated carbocycles. The maximum atomic E-state index is 2.41. The maximum Gasteiger partial charge on any atom is -0.00201 e. The molecule has 0 spiro atoms. The SMILES string of the molecule is c1ccc2c(c1)-c1cccc3c(-c4ccc5ccc(-c6cc7c8ccccc8ccc7c7ccccc67)cc5c4)ccc-2c13. The van der Waals surface area contributed by atoms with Crippen molar-refractivity contribution < 1.29 is 0 Å². The van der Waals surface area contributed by atoms with E-state index >= 15 is 0 Å². The Morgan fingerprint density at radius 3 is 1.61 bits per heavy atom. The highest BCUT2D eigenvalue weighted by Gasteiger charge is 2.22. The van der Waals surface area contributed by atoms with E-state index in [1.807, 2.05) is 0 Å². The van der Waals surface area contributed by atoms with Crippen molar-refractivity contribution in [1.29, 1.82) is 0 Å². The zero-order valence-electron chi connectivity index (χ0n) is 24.0. The van der Waals surface area contributed by atoms with Gasteiger partial charge in [-0.25, -0.2) is 0 Å². The fraction of sp³-hybridized carbons (Fsp3) is 0. The van der Waals surface area contributed by atoms with E-state index in [1.54, 1.807) is 0 Å². The van der Waals surface area contributed by atoms with E-state index in [2.05, 4.69) is 158 Å². The molecule has 0 unspecified atom stereocenters. The third kappa shape index (κ3) is 3.28. The van der Waals surface area contributed by atoms with Gasteiger partial charge in [-0.3, -0.25) is 0 Å². The first-order valence-corrected chi connectivity index (χ1v) is 15.4. The molecule has 0 radical (unpaired) electrons. The molecule has 0 bridgehead atoms. The molecule has 0 heterocycles. The molecule has 0 nitrogen and oxygen atoms in total. The molecular formula is C44H26. The Kier molecular flexibility index (Phi) is 4.81. The molecule has 0 amide bonds. The Balaban J connectivity index is 1.19. The largest absolute Gasteiger partial charge is 0.0616 e. The molecule has 1 aliphatic rings. The number of benzene rings is 9. The molecule has 0 N–H and O–H groups in total. The number of fused-ring (bicyclic) bond motifs is 9. The van der Waals surface area contributed by atoms with Gasteiger partial charge in [0.15, 0.2) is 0 Å². The maximum absolute atomic E-state index is 2.41. The number of hydrogen-bond donors (Lipinski definition) is 0. The standard InChI is InChI=1S/C44H26/c1-2-9-32-28(8-1)20-21-38-34-10-3-6-13-37(34)42(26-43(32)38)30-19-17-27-16-18-29(24-31(27)25-30)33-22-23-41-36-12-5-4-11-35(36)40-15-7-14-39(33)44(40)41/h1-26H. The molecule has 1 aliphatic carbocycles. The van der Waals surface area contributed by atoms with Gasteiger partial charge >= 0.3 is 0 Å². The minimum Gasteiger partial charge on any atom is -0.0616 e. The van der Waals surface area contributed by atoms with Gasteiger partial charge in [-0.2, -0.15) is 0 Å². The average molecular weight is 555 g/mol. The third-order valence-electron chi connectivity index (χ3n) is 9.78. The van der Waals surface area contributed by atoms with E-state index in [-0.39, 0.29) is 0 Å². The normalized spacial score (nSPS) is 12.1. The number of rotatable bonds is 2. The summed E-state index contributed by atoms with van der Waals surface area (Å²) in [6, 6.07) is 58.6. The van der Waals surface area contributed by atoms with Crippen LogP contribution in [-0.4, -0.2) is 0 Å².